The first kappa shape index (κ1) is 21.6. The fraction of sp³-hybridized carbons (Fsp3) is 0.238. The molecule has 0 aliphatic heterocycles. The van der Waals surface area contributed by atoms with Crippen LogP contribution < -0.4 is 20.2 Å². The molecule has 2 aromatic rings. The number of amides is 2. The van der Waals surface area contributed by atoms with Crippen LogP contribution in [0.15, 0.2) is 47.6 Å². The first-order valence-corrected chi connectivity index (χ1v) is 9.02. The Morgan fingerprint density at radius 3 is 2.41 bits per heavy atom. The van der Waals surface area contributed by atoms with E-state index >= 15 is 0 Å². The van der Waals surface area contributed by atoms with Crippen LogP contribution in [0.2, 0.25) is 0 Å². The van der Waals surface area contributed by atoms with Crippen molar-refractivity contribution < 1.29 is 23.9 Å². The number of hydrazone groups is 1. The molecule has 8 nitrogen and oxygen atoms in total. The summed E-state index contributed by atoms with van der Waals surface area (Å²) >= 11 is 0. The average Bonchev–Trinajstić information content (AvgIpc) is 2.69. The smallest absolute Gasteiger partial charge is 0.308 e. The second kappa shape index (κ2) is 10.6. The van der Waals surface area contributed by atoms with Crippen LogP contribution in [-0.2, 0) is 9.59 Å². The van der Waals surface area contributed by atoms with Crippen molar-refractivity contribution in [3.63, 3.8) is 0 Å². The molecule has 2 rings (SSSR count). The molecule has 152 valence electrons. The third-order valence-corrected chi connectivity index (χ3v) is 3.73. The second-order valence-electron chi connectivity index (χ2n) is 6.08. The predicted molar refractivity (Wildman–Crippen MR) is 109 cm³/mol. The summed E-state index contributed by atoms with van der Waals surface area (Å²) in [6.07, 6.45) is 2.66. The van der Waals surface area contributed by atoms with Gasteiger partial charge in [-0.05, 0) is 54.4 Å². The van der Waals surface area contributed by atoms with Gasteiger partial charge in [0.2, 0.25) is 5.91 Å². The number of nitrogens with one attached hydrogen (secondary N) is 2. The van der Waals surface area contributed by atoms with Crippen molar-refractivity contribution in [2.75, 3.05) is 12.4 Å². The average molecular weight is 397 g/mol. The van der Waals surface area contributed by atoms with Gasteiger partial charge in [-0.2, -0.15) is 5.10 Å². The Bertz CT molecular complexity index is 907. The summed E-state index contributed by atoms with van der Waals surface area (Å²) in [6.45, 7) is 3.23. The van der Waals surface area contributed by atoms with Crippen LogP contribution in [0.5, 0.6) is 11.5 Å². The molecule has 2 amide bonds. The van der Waals surface area contributed by atoms with Crippen LogP contribution in [0.1, 0.15) is 42.6 Å². The van der Waals surface area contributed by atoms with E-state index in [-0.39, 0.29) is 5.91 Å². The van der Waals surface area contributed by atoms with Gasteiger partial charge >= 0.3 is 5.97 Å². The van der Waals surface area contributed by atoms with Gasteiger partial charge in [-0.25, -0.2) is 5.43 Å². The van der Waals surface area contributed by atoms with Gasteiger partial charge in [-0.3, -0.25) is 14.4 Å². The number of methoxy groups -OCH3 is 1. The van der Waals surface area contributed by atoms with E-state index in [0.29, 0.717) is 34.7 Å². The summed E-state index contributed by atoms with van der Waals surface area (Å²) in [6, 6.07) is 11.4. The fourth-order valence-electron chi connectivity index (χ4n) is 2.39. The first-order chi connectivity index (χ1) is 13.9. The molecule has 0 bridgehead atoms. The van der Waals surface area contributed by atoms with E-state index in [1.54, 1.807) is 42.5 Å². The third kappa shape index (κ3) is 6.76. The number of carbonyl (C=O) groups is 3. The molecule has 29 heavy (non-hydrogen) atoms. The largest absolute Gasteiger partial charge is 0.493 e. The Hall–Kier alpha value is -3.68. The molecule has 2 aromatic carbocycles. The Kier molecular flexibility index (Phi) is 7.90. The molecule has 0 atom stereocenters. The molecule has 0 saturated carbocycles. The van der Waals surface area contributed by atoms with Gasteiger partial charge in [0, 0.05) is 24.6 Å². The van der Waals surface area contributed by atoms with Crippen LogP contribution in [0.3, 0.4) is 0 Å². The molecule has 0 aliphatic rings. The minimum absolute atomic E-state index is 0.0653. The Morgan fingerprint density at radius 2 is 1.79 bits per heavy atom. The first-order valence-electron chi connectivity index (χ1n) is 9.02. The highest BCUT2D eigenvalue weighted by Gasteiger charge is 2.08. The summed E-state index contributed by atoms with van der Waals surface area (Å²) in [5.41, 5.74) is 4.10. The zero-order chi connectivity index (χ0) is 21.2. The van der Waals surface area contributed by atoms with Crippen molar-refractivity contribution in [3.05, 3.63) is 53.6 Å². The van der Waals surface area contributed by atoms with E-state index in [0.717, 1.165) is 6.42 Å². The summed E-state index contributed by atoms with van der Waals surface area (Å²) < 4.78 is 10.2. The summed E-state index contributed by atoms with van der Waals surface area (Å²) in [7, 11) is 1.46. The molecule has 2 N–H and O–H groups in total. The van der Waals surface area contributed by atoms with E-state index in [1.165, 1.54) is 20.2 Å². The lowest BCUT2D eigenvalue weighted by atomic mass is 10.2. The molecule has 0 spiro atoms. The van der Waals surface area contributed by atoms with Gasteiger partial charge in [0.1, 0.15) is 0 Å². The van der Waals surface area contributed by atoms with E-state index in [1.807, 2.05) is 6.92 Å². The second-order valence-corrected chi connectivity index (χ2v) is 6.08. The highest BCUT2D eigenvalue weighted by Crippen LogP contribution is 2.27. The quantitative estimate of drug-likeness (QED) is 0.308. The SMILES string of the molecule is CCCC(=O)Nc1ccc(C(=O)N/N=C/c2ccc(OC(C)=O)c(OC)c2)cc1. The number of rotatable bonds is 8. The summed E-state index contributed by atoms with van der Waals surface area (Å²) in [4.78, 5) is 34.8. The van der Waals surface area contributed by atoms with Crippen molar-refractivity contribution >= 4 is 29.7 Å². The lowest BCUT2D eigenvalue weighted by Crippen LogP contribution is -2.17. The van der Waals surface area contributed by atoms with E-state index in [2.05, 4.69) is 15.8 Å². The fourth-order valence-corrected chi connectivity index (χ4v) is 2.39. The van der Waals surface area contributed by atoms with Gasteiger partial charge in [-0.15, -0.1) is 0 Å². The van der Waals surface area contributed by atoms with Crippen LogP contribution in [0.4, 0.5) is 5.69 Å². The van der Waals surface area contributed by atoms with Gasteiger partial charge in [0.15, 0.2) is 11.5 Å². The number of anilines is 1. The van der Waals surface area contributed by atoms with Crippen molar-refractivity contribution in [2.24, 2.45) is 5.10 Å². The molecular formula is C21H23N3O5. The van der Waals surface area contributed by atoms with Crippen LogP contribution in [-0.4, -0.2) is 31.1 Å². The Balaban J connectivity index is 1.97. The van der Waals surface area contributed by atoms with Crippen molar-refractivity contribution in [1.82, 2.24) is 5.43 Å². The maximum absolute atomic E-state index is 12.2. The minimum atomic E-state index is -0.451. The molecule has 8 heteroatoms. The zero-order valence-corrected chi connectivity index (χ0v) is 16.5. The van der Waals surface area contributed by atoms with Gasteiger partial charge < -0.3 is 14.8 Å². The number of nitrogens with zero attached hydrogens (tertiary/aromatic N) is 1. The standard InChI is InChI=1S/C21H23N3O5/c1-4-5-20(26)23-17-9-7-16(8-10-17)21(27)24-22-13-15-6-11-18(29-14(2)25)19(12-15)28-3/h6-13H,4-5H2,1-3H3,(H,23,26)(H,24,27)/b22-13+. The van der Waals surface area contributed by atoms with Crippen LogP contribution >= 0.6 is 0 Å². The molecule has 0 unspecified atom stereocenters. The number of esters is 1. The predicted octanol–water partition coefficient (Wildman–Crippen LogP) is 3.12. The Labute approximate surface area is 168 Å². The third-order valence-electron chi connectivity index (χ3n) is 3.73. The normalized spacial score (nSPS) is 10.4. The van der Waals surface area contributed by atoms with Crippen molar-refractivity contribution in [3.8, 4) is 11.5 Å². The topological polar surface area (TPSA) is 106 Å². The summed E-state index contributed by atoms with van der Waals surface area (Å²) in [5, 5.41) is 6.68. The number of hydrogen-bond acceptors (Lipinski definition) is 6. The van der Waals surface area contributed by atoms with Gasteiger partial charge in [-0.1, -0.05) is 6.92 Å². The van der Waals surface area contributed by atoms with Crippen molar-refractivity contribution in [2.45, 2.75) is 26.7 Å². The van der Waals surface area contributed by atoms with Gasteiger partial charge in [0.05, 0.1) is 13.3 Å². The number of benzene rings is 2. The van der Waals surface area contributed by atoms with E-state index in [9.17, 15) is 14.4 Å². The molecule has 0 saturated heterocycles. The lowest BCUT2D eigenvalue weighted by Gasteiger charge is -2.08. The van der Waals surface area contributed by atoms with Crippen LogP contribution in [0, 0.1) is 0 Å². The maximum Gasteiger partial charge on any atom is 0.308 e. The monoisotopic (exact) mass is 397 g/mol. The number of carbonyl (C=O) groups excluding carboxylic acids is 3. The number of hydrogen-bond donors (Lipinski definition) is 2. The lowest BCUT2D eigenvalue weighted by molar-refractivity contribution is -0.132. The highest BCUT2D eigenvalue weighted by atomic mass is 16.6. The van der Waals surface area contributed by atoms with Gasteiger partial charge in [0.25, 0.3) is 5.91 Å². The maximum atomic E-state index is 12.2. The highest BCUT2D eigenvalue weighted by molar-refractivity contribution is 5.96. The van der Waals surface area contributed by atoms with Crippen molar-refractivity contribution in [1.29, 1.82) is 0 Å². The molecule has 0 aromatic heterocycles. The molecular weight excluding hydrogens is 374 g/mol. The van der Waals surface area contributed by atoms with E-state index in [4.69, 9.17) is 9.47 Å². The van der Waals surface area contributed by atoms with Crippen LogP contribution in [0.25, 0.3) is 0 Å². The molecule has 0 heterocycles. The molecule has 0 radical (unpaired) electrons. The molecule has 0 aliphatic carbocycles. The van der Waals surface area contributed by atoms with E-state index < -0.39 is 11.9 Å². The Morgan fingerprint density at radius 1 is 1.07 bits per heavy atom. The minimum Gasteiger partial charge on any atom is -0.493 e. The zero-order valence-electron chi connectivity index (χ0n) is 16.5. The summed E-state index contributed by atoms with van der Waals surface area (Å²) in [5.74, 6) is -0.239. The molecule has 0 fully saturated rings. The number of ether oxygens (including phenoxy) is 2.